The van der Waals surface area contributed by atoms with Crippen molar-refractivity contribution in [2.45, 2.75) is 16.0 Å². The lowest BCUT2D eigenvalue weighted by Crippen LogP contribution is -2.26. The summed E-state index contributed by atoms with van der Waals surface area (Å²) in [7, 11) is -3.77. The van der Waals surface area contributed by atoms with Crippen LogP contribution >= 0.6 is 11.8 Å². The molecule has 0 fully saturated rings. The molecule has 160 valence electrons. The number of rotatable bonds is 6. The number of aromatic nitrogens is 1. The minimum atomic E-state index is -4.56. The van der Waals surface area contributed by atoms with Crippen molar-refractivity contribution in [3.05, 3.63) is 78.5 Å². The topological polar surface area (TPSA) is 59.1 Å². The van der Waals surface area contributed by atoms with Crippen molar-refractivity contribution in [3.63, 3.8) is 0 Å². The zero-order valence-electron chi connectivity index (χ0n) is 16.1. The summed E-state index contributed by atoms with van der Waals surface area (Å²) in [6.45, 7) is 0.0637. The van der Waals surface area contributed by atoms with Gasteiger partial charge in [0.1, 0.15) is 5.69 Å². The summed E-state index contributed by atoms with van der Waals surface area (Å²) in [4.78, 5) is 4.27. The molecule has 0 saturated heterocycles. The highest BCUT2D eigenvalue weighted by Crippen LogP contribution is 2.34. The molecule has 0 aliphatic rings. The normalized spacial score (nSPS) is 12.5. The fourth-order valence-electron chi connectivity index (χ4n) is 3.25. The summed E-state index contributed by atoms with van der Waals surface area (Å²) < 4.78 is 67.7. The van der Waals surface area contributed by atoms with Crippen molar-refractivity contribution < 1.29 is 21.6 Å². The largest absolute Gasteiger partial charge is 0.433 e. The van der Waals surface area contributed by atoms with Crippen LogP contribution in [-0.2, 0) is 16.2 Å². The standard InChI is InChI=1S/C22H17F3N2O2S2/c23-22(24,25)21-14-19(17-9-3-4-10-18(17)27-21)30-13-12-26-31(28,29)20-11-5-7-15-6-1-2-8-16(15)20/h1-11,14,26H,12-13H2. The van der Waals surface area contributed by atoms with Crippen LogP contribution < -0.4 is 4.72 Å². The Hall–Kier alpha value is -2.62. The van der Waals surface area contributed by atoms with Crippen LogP contribution in [0.1, 0.15) is 5.69 Å². The fourth-order valence-corrected chi connectivity index (χ4v) is 5.59. The smallest absolute Gasteiger partial charge is 0.243 e. The Bertz CT molecular complexity index is 1350. The maximum absolute atomic E-state index is 13.2. The Balaban J connectivity index is 1.52. The van der Waals surface area contributed by atoms with E-state index < -0.39 is 21.9 Å². The number of thioether (sulfide) groups is 1. The summed E-state index contributed by atoms with van der Waals surface area (Å²) in [6, 6.07) is 19.8. The molecule has 3 aromatic carbocycles. The Morgan fingerprint density at radius 3 is 2.35 bits per heavy atom. The molecule has 4 nitrogen and oxygen atoms in total. The molecule has 9 heteroatoms. The first kappa shape index (κ1) is 21.6. The molecular weight excluding hydrogens is 445 g/mol. The second-order valence-corrected chi connectivity index (χ2v) is 9.62. The quantitative estimate of drug-likeness (QED) is 0.305. The van der Waals surface area contributed by atoms with Crippen LogP contribution in [0.4, 0.5) is 13.2 Å². The van der Waals surface area contributed by atoms with Gasteiger partial charge in [0.15, 0.2) is 0 Å². The average molecular weight is 463 g/mol. The van der Waals surface area contributed by atoms with E-state index in [9.17, 15) is 21.6 Å². The summed E-state index contributed by atoms with van der Waals surface area (Å²) >= 11 is 1.15. The minimum Gasteiger partial charge on any atom is -0.243 e. The maximum Gasteiger partial charge on any atom is 0.433 e. The molecule has 1 heterocycles. The molecule has 0 radical (unpaired) electrons. The van der Waals surface area contributed by atoms with E-state index in [0.717, 1.165) is 23.2 Å². The van der Waals surface area contributed by atoms with Gasteiger partial charge >= 0.3 is 6.18 Å². The van der Waals surface area contributed by atoms with E-state index in [0.29, 0.717) is 15.7 Å². The number of alkyl halides is 3. The minimum absolute atomic E-state index is 0.0637. The van der Waals surface area contributed by atoms with Gasteiger partial charge in [0.2, 0.25) is 10.0 Å². The molecule has 0 spiro atoms. The van der Waals surface area contributed by atoms with Crippen molar-refractivity contribution in [3.8, 4) is 0 Å². The van der Waals surface area contributed by atoms with E-state index in [1.165, 1.54) is 12.1 Å². The van der Waals surface area contributed by atoms with E-state index >= 15 is 0 Å². The lowest BCUT2D eigenvalue weighted by Gasteiger charge is -2.12. The van der Waals surface area contributed by atoms with Gasteiger partial charge in [-0.2, -0.15) is 13.2 Å². The Morgan fingerprint density at radius 2 is 1.58 bits per heavy atom. The number of para-hydroxylation sites is 1. The van der Waals surface area contributed by atoms with Gasteiger partial charge in [-0.05, 0) is 23.6 Å². The molecular formula is C22H17F3N2O2S2. The molecule has 4 aromatic rings. The number of hydrogen-bond acceptors (Lipinski definition) is 4. The van der Waals surface area contributed by atoms with Gasteiger partial charge in [-0.1, -0.05) is 54.6 Å². The highest BCUT2D eigenvalue weighted by atomic mass is 32.2. The fraction of sp³-hybridized carbons (Fsp3) is 0.136. The van der Waals surface area contributed by atoms with Gasteiger partial charge < -0.3 is 0 Å². The second-order valence-electron chi connectivity index (χ2n) is 6.74. The Labute approximate surface area is 181 Å². The molecule has 0 saturated carbocycles. The van der Waals surface area contributed by atoms with Gasteiger partial charge in [0.25, 0.3) is 0 Å². The molecule has 0 atom stereocenters. The summed E-state index contributed by atoms with van der Waals surface area (Å²) in [5, 5.41) is 2.01. The van der Waals surface area contributed by atoms with Crippen LogP contribution in [-0.4, -0.2) is 25.7 Å². The number of hydrogen-bond donors (Lipinski definition) is 1. The molecule has 31 heavy (non-hydrogen) atoms. The molecule has 0 amide bonds. The SMILES string of the molecule is O=S(=O)(NCCSc1cc(C(F)(F)F)nc2ccccc12)c1cccc2ccccc12. The van der Waals surface area contributed by atoms with Gasteiger partial charge in [-0.25, -0.2) is 18.1 Å². The van der Waals surface area contributed by atoms with Crippen LogP contribution in [0.5, 0.6) is 0 Å². The van der Waals surface area contributed by atoms with Crippen molar-refractivity contribution in [1.82, 2.24) is 9.71 Å². The Morgan fingerprint density at radius 1 is 0.903 bits per heavy atom. The van der Waals surface area contributed by atoms with Gasteiger partial charge in [-0.15, -0.1) is 11.8 Å². The first-order valence-corrected chi connectivity index (χ1v) is 11.8. The van der Waals surface area contributed by atoms with Crippen LogP contribution in [0.2, 0.25) is 0 Å². The molecule has 1 N–H and O–H groups in total. The van der Waals surface area contributed by atoms with Crippen LogP contribution in [0.3, 0.4) is 0 Å². The molecule has 0 aliphatic carbocycles. The summed E-state index contributed by atoms with van der Waals surface area (Å²) in [5.41, 5.74) is -0.721. The zero-order valence-corrected chi connectivity index (χ0v) is 17.7. The van der Waals surface area contributed by atoms with E-state index in [2.05, 4.69) is 9.71 Å². The lowest BCUT2D eigenvalue weighted by molar-refractivity contribution is -0.141. The third-order valence-electron chi connectivity index (χ3n) is 4.66. The first-order chi connectivity index (χ1) is 14.8. The average Bonchev–Trinajstić information content (AvgIpc) is 2.75. The third-order valence-corrected chi connectivity index (χ3v) is 7.24. The number of pyridine rings is 1. The number of fused-ring (bicyclic) bond motifs is 2. The van der Waals surface area contributed by atoms with Crippen LogP contribution in [0.15, 0.2) is 82.6 Å². The van der Waals surface area contributed by atoms with E-state index in [-0.39, 0.29) is 22.7 Å². The molecule has 0 bridgehead atoms. The predicted molar refractivity (Wildman–Crippen MR) is 117 cm³/mol. The third kappa shape index (κ3) is 4.68. The zero-order chi connectivity index (χ0) is 22.1. The summed E-state index contributed by atoms with van der Waals surface area (Å²) in [6.07, 6.45) is -4.56. The number of benzene rings is 3. The summed E-state index contributed by atoms with van der Waals surface area (Å²) in [5.74, 6) is 0.259. The molecule has 0 aliphatic heterocycles. The van der Waals surface area contributed by atoms with Gasteiger partial charge in [0, 0.05) is 28.0 Å². The van der Waals surface area contributed by atoms with Gasteiger partial charge in [0.05, 0.1) is 10.4 Å². The highest BCUT2D eigenvalue weighted by Gasteiger charge is 2.33. The molecule has 1 aromatic heterocycles. The number of sulfonamides is 1. The number of nitrogens with zero attached hydrogens (tertiary/aromatic N) is 1. The maximum atomic E-state index is 13.2. The lowest BCUT2D eigenvalue weighted by atomic mass is 10.1. The second kappa shape index (κ2) is 8.49. The highest BCUT2D eigenvalue weighted by molar-refractivity contribution is 7.99. The van der Waals surface area contributed by atoms with Crippen molar-refractivity contribution in [1.29, 1.82) is 0 Å². The number of nitrogens with one attached hydrogen (secondary N) is 1. The predicted octanol–water partition coefficient (Wildman–Crippen LogP) is 5.48. The Kier molecular flexibility index (Phi) is 5.92. The molecule has 4 rings (SSSR count). The number of halogens is 3. The van der Waals surface area contributed by atoms with Crippen LogP contribution in [0, 0.1) is 0 Å². The van der Waals surface area contributed by atoms with Crippen molar-refractivity contribution in [2.24, 2.45) is 0 Å². The van der Waals surface area contributed by atoms with E-state index in [4.69, 9.17) is 0 Å². The molecule has 0 unspecified atom stereocenters. The monoisotopic (exact) mass is 462 g/mol. The van der Waals surface area contributed by atoms with E-state index in [1.807, 2.05) is 18.2 Å². The van der Waals surface area contributed by atoms with Crippen molar-refractivity contribution in [2.75, 3.05) is 12.3 Å². The van der Waals surface area contributed by atoms with E-state index in [1.54, 1.807) is 36.4 Å². The first-order valence-electron chi connectivity index (χ1n) is 9.33. The van der Waals surface area contributed by atoms with Gasteiger partial charge in [-0.3, -0.25) is 0 Å². The van der Waals surface area contributed by atoms with Crippen molar-refractivity contribution >= 4 is 43.5 Å². The van der Waals surface area contributed by atoms with Crippen LogP contribution in [0.25, 0.3) is 21.7 Å².